The molecule has 1 N–H and O–H groups in total. The van der Waals surface area contributed by atoms with Crippen LogP contribution in [-0.2, 0) is 11.2 Å². The number of thiazole rings is 1. The molecule has 1 fully saturated rings. The third kappa shape index (κ3) is 3.07. The smallest absolute Gasteiger partial charge is 0.232 e. The third-order valence-electron chi connectivity index (χ3n) is 3.34. The Morgan fingerprint density at radius 2 is 2.20 bits per heavy atom. The van der Waals surface area contributed by atoms with Crippen LogP contribution >= 0.6 is 38.6 Å². The van der Waals surface area contributed by atoms with E-state index in [2.05, 4.69) is 36.4 Å². The van der Waals surface area contributed by atoms with Crippen LogP contribution in [0.15, 0.2) is 3.92 Å². The van der Waals surface area contributed by atoms with Gasteiger partial charge < -0.3 is 5.32 Å². The van der Waals surface area contributed by atoms with Crippen LogP contribution in [-0.4, -0.2) is 21.1 Å². The van der Waals surface area contributed by atoms with Gasteiger partial charge in [0.1, 0.15) is 5.01 Å². The van der Waals surface area contributed by atoms with Gasteiger partial charge in [-0.15, -0.1) is 21.5 Å². The fourth-order valence-corrected chi connectivity index (χ4v) is 4.49. The summed E-state index contributed by atoms with van der Waals surface area (Å²) < 4.78 is 0.806. The predicted octanol–water partition coefficient (Wildman–Crippen LogP) is 3.51. The van der Waals surface area contributed by atoms with Gasteiger partial charge in [-0.25, -0.2) is 4.98 Å². The highest BCUT2D eigenvalue weighted by molar-refractivity contribution is 9.11. The third-order valence-corrected chi connectivity index (χ3v) is 5.80. The number of amides is 1. The number of carbonyl (C=O) groups is 1. The average molecular weight is 373 g/mol. The fraction of sp³-hybridized carbons (Fsp3) is 0.500. The maximum atomic E-state index is 12.0. The minimum Gasteiger partial charge on any atom is -0.300 e. The van der Waals surface area contributed by atoms with Gasteiger partial charge in [-0.1, -0.05) is 17.8 Å². The Balaban J connectivity index is 1.61. The van der Waals surface area contributed by atoms with E-state index in [1.807, 2.05) is 6.92 Å². The van der Waals surface area contributed by atoms with Gasteiger partial charge in [0.25, 0.3) is 0 Å². The highest BCUT2D eigenvalue weighted by atomic mass is 79.9. The molecule has 106 valence electrons. The fourth-order valence-electron chi connectivity index (χ4n) is 1.98. The van der Waals surface area contributed by atoms with E-state index in [-0.39, 0.29) is 12.3 Å². The lowest BCUT2D eigenvalue weighted by Crippen LogP contribution is -2.15. The van der Waals surface area contributed by atoms with Crippen molar-refractivity contribution in [2.24, 2.45) is 0 Å². The molecule has 1 aliphatic carbocycles. The molecule has 1 aliphatic rings. The number of halogens is 1. The second-order valence-corrected chi connectivity index (χ2v) is 8.26. The van der Waals surface area contributed by atoms with Crippen LogP contribution < -0.4 is 5.32 Å². The van der Waals surface area contributed by atoms with E-state index in [9.17, 15) is 4.79 Å². The van der Waals surface area contributed by atoms with Crippen molar-refractivity contribution in [1.82, 2.24) is 15.2 Å². The van der Waals surface area contributed by atoms with Crippen LogP contribution in [0.1, 0.15) is 40.8 Å². The van der Waals surface area contributed by atoms with Gasteiger partial charge in [0.05, 0.1) is 12.1 Å². The molecule has 0 saturated heterocycles. The summed E-state index contributed by atoms with van der Waals surface area (Å²) in [6.45, 7) is 1.96. The summed E-state index contributed by atoms with van der Waals surface area (Å²) in [5.41, 5.74) is 0.808. The summed E-state index contributed by atoms with van der Waals surface area (Å²) in [5.74, 6) is 0.456. The van der Waals surface area contributed by atoms with Crippen molar-refractivity contribution in [2.75, 3.05) is 5.32 Å². The van der Waals surface area contributed by atoms with Crippen LogP contribution in [0.3, 0.4) is 0 Å². The van der Waals surface area contributed by atoms with Crippen LogP contribution in [0.25, 0.3) is 0 Å². The van der Waals surface area contributed by atoms with E-state index in [1.54, 1.807) is 0 Å². The number of anilines is 1. The van der Waals surface area contributed by atoms with Crippen LogP contribution in [0.2, 0.25) is 0 Å². The normalized spacial score (nSPS) is 15.1. The Morgan fingerprint density at radius 3 is 2.80 bits per heavy atom. The molecule has 0 bridgehead atoms. The van der Waals surface area contributed by atoms with Crippen molar-refractivity contribution >= 4 is 49.6 Å². The number of rotatable bonds is 4. The number of nitrogens with zero attached hydrogens (tertiary/aromatic N) is 3. The molecule has 0 aliphatic heterocycles. The SMILES string of the molecule is Cc1sc(Br)nc1CC(=O)Nc1nnc(C2CCC2)s1. The van der Waals surface area contributed by atoms with E-state index in [1.165, 1.54) is 41.9 Å². The molecule has 5 nitrogen and oxygen atoms in total. The number of hydrogen-bond donors (Lipinski definition) is 1. The number of hydrogen-bond acceptors (Lipinski definition) is 6. The lowest BCUT2D eigenvalue weighted by molar-refractivity contribution is -0.115. The molecule has 2 aromatic heterocycles. The molecule has 0 aromatic carbocycles. The highest BCUT2D eigenvalue weighted by Gasteiger charge is 2.23. The minimum absolute atomic E-state index is 0.0952. The summed E-state index contributed by atoms with van der Waals surface area (Å²) in [6, 6.07) is 0. The summed E-state index contributed by atoms with van der Waals surface area (Å²) in [4.78, 5) is 17.3. The molecular formula is C12H13BrN4OS2. The Bertz CT molecular complexity index is 635. The Kier molecular flexibility index (Phi) is 4.13. The van der Waals surface area contributed by atoms with E-state index in [4.69, 9.17) is 0 Å². The molecule has 2 aromatic rings. The van der Waals surface area contributed by atoms with Crippen LogP contribution in [0.4, 0.5) is 5.13 Å². The predicted molar refractivity (Wildman–Crippen MR) is 83.4 cm³/mol. The monoisotopic (exact) mass is 372 g/mol. The van der Waals surface area contributed by atoms with Crippen molar-refractivity contribution in [3.05, 3.63) is 19.5 Å². The lowest BCUT2D eigenvalue weighted by Gasteiger charge is -2.21. The highest BCUT2D eigenvalue weighted by Crippen LogP contribution is 2.38. The average Bonchev–Trinajstić information content (AvgIpc) is 2.85. The van der Waals surface area contributed by atoms with Crippen molar-refractivity contribution in [3.8, 4) is 0 Å². The minimum atomic E-state index is -0.0952. The molecular weight excluding hydrogens is 360 g/mol. The number of nitrogens with one attached hydrogen (secondary N) is 1. The second-order valence-electron chi connectivity index (χ2n) is 4.77. The zero-order valence-electron chi connectivity index (χ0n) is 10.9. The van der Waals surface area contributed by atoms with Gasteiger partial charge in [0.2, 0.25) is 11.0 Å². The number of carbonyl (C=O) groups excluding carboxylic acids is 1. The molecule has 0 radical (unpaired) electrons. The molecule has 20 heavy (non-hydrogen) atoms. The zero-order valence-corrected chi connectivity index (χ0v) is 14.1. The van der Waals surface area contributed by atoms with Gasteiger partial charge in [-0.05, 0) is 35.7 Å². The van der Waals surface area contributed by atoms with E-state index in [0.29, 0.717) is 11.0 Å². The van der Waals surface area contributed by atoms with Crippen molar-refractivity contribution in [3.63, 3.8) is 0 Å². The molecule has 1 amide bonds. The first-order chi connectivity index (χ1) is 9.61. The molecule has 8 heteroatoms. The standard InChI is InChI=1S/C12H13BrN4OS2/c1-6-8(14-11(13)19-6)5-9(18)15-12-17-16-10(20-12)7-3-2-4-7/h7H,2-5H2,1H3,(H,15,17,18). The quantitative estimate of drug-likeness (QED) is 0.891. The molecule has 1 saturated carbocycles. The van der Waals surface area contributed by atoms with Crippen molar-refractivity contribution < 1.29 is 4.79 Å². The van der Waals surface area contributed by atoms with Gasteiger partial charge in [0, 0.05) is 10.8 Å². The lowest BCUT2D eigenvalue weighted by atomic mass is 9.86. The first-order valence-corrected chi connectivity index (χ1v) is 8.79. The Hall–Kier alpha value is -0.860. The van der Waals surface area contributed by atoms with Crippen molar-refractivity contribution in [1.29, 1.82) is 0 Å². The van der Waals surface area contributed by atoms with Gasteiger partial charge in [-0.2, -0.15) is 0 Å². The van der Waals surface area contributed by atoms with Gasteiger partial charge >= 0.3 is 0 Å². The molecule has 0 spiro atoms. The Labute approximate surface area is 133 Å². The van der Waals surface area contributed by atoms with Gasteiger partial charge in [0.15, 0.2) is 3.92 Å². The molecule has 2 heterocycles. The number of aromatic nitrogens is 3. The Morgan fingerprint density at radius 1 is 1.40 bits per heavy atom. The second kappa shape index (κ2) is 5.87. The summed E-state index contributed by atoms with van der Waals surface area (Å²) in [6.07, 6.45) is 3.92. The largest absolute Gasteiger partial charge is 0.300 e. The van der Waals surface area contributed by atoms with Gasteiger partial charge in [-0.3, -0.25) is 4.79 Å². The van der Waals surface area contributed by atoms with Crippen LogP contribution in [0, 0.1) is 6.92 Å². The topological polar surface area (TPSA) is 67.8 Å². The number of aryl methyl sites for hydroxylation is 1. The van der Waals surface area contributed by atoms with E-state index in [0.717, 1.165) is 19.5 Å². The molecule has 0 unspecified atom stereocenters. The summed E-state index contributed by atoms with van der Waals surface area (Å²) >= 11 is 6.35. The summed E-state index contributed by atoms with van der Waals surface area (Å²) in [7, 11) is 0. The van der Waals surface area contributed by atoms with E-state index < -0.39 is 0 Å². The first-order valence-electron chi connectivity index (χ1n) is 6.37. The maximum absolute atomic E-state index is 12.0. The molecule has 3 rings (SSSR count). The zero-order chi connectivity index (χ0) is 14.1. The summed E-state index contributed by atoms with van der Waals surface area (Å²) in [5, 5.41) is 12.6. The van der Waals surface area contributed by atoms with Crippen LogP contribution in [0.5, 0.6) is 0 Å². The van der Waals surface area contributed by atoms with E-state index >= 15 is 0 Å². The first kappa shape index (κ1) is 14.1. The van der Waals surface area contributed by atoms with Crippen molar-refractivity contribution in [2.45, 2.75) is 38.5 Å². The molecule has 0 atom stereocenters. The maximum Gasteiger partial charge on any atom is 0.232 e.